The van der Waals surface area contributed by atoms with E-state index in [-0.39, 0.29) is 17.6 Å². The zero-order valence-electron chi connectivity index (χ0n) is 19.1. The molecule has 5 rings (SSSR count). The van der Waals surface area contributed by atoms with Crippen LogP contribution in [0, 0.1) is 0 Å². The van der Waals surface area contributed by atoms with Crippen LogP contribution in [0.15, 0.2) is 61.6 Å². The van der Waals surface area contributed by atoms with E-state index in [1.54, 1.807) is 46.1 Å². The molecule has 1 fully saturated rings. The number of piperidine rings is 1. The first-order chi connectivity index (χ1) is 17.5. The number of H-pyrrole nitrogens is 1. The minimum Gasteiger partial charge on any atom is -0.337 e. The molecule has 0 spiro atoms. The fraction of sp³-hybridized carbons (Fsp3) is 0.208. The van der Waals surface area contributed by atoms with Crippen molar-refractivity contribution in [2.75, 3.05) is 18.4 Å². The molecule has 0 aromatic carbocycles. The van der Waals surface area contributed by atoms with E-state index in [9.17, 15) is 9.59 Å². The molecule has 1 aliphatic heterocycles. The first-order valence-electron chi connectivity index (χ1n) is 11.3. The molecular formula is C24H22ClN9O2. The number of hydrogen-bond acceptors (Lipinski definition) is 7. The summed E-state index contributed by atoms with van der Waals surface area (Å²) in [5.41, 5.74) is 2.66. The summed E-state index contributed by atoms with van der Waals surface area (Å²) in [6.45, 7) is 4.85. The van der Waals surface area contributed by atoms with E-state index in [2.05, 4.69) is 42.4 Å². The maximum atomic E-state index is 12.7. The number of nitrogens with one attached hydrogen (secondary N) is 2. The highest BCUT2D eigenvalue weighted by Gasteiger charge is 2.24. The average Bonchev–Trinajstić information content (AvgIpc) is 3.58. The van der Waals surface area contributed by atoms with Gasteiger partial charge in [0.1, 0.15) is 22.9 Å². The van der Waals surface area contributed by atoms with Gasteiger partial charge in [0.05, 0.1) is 29.2 Å². The number of aromatic nitrogens is 7. The second-order valence-corrected chi connectivity index (χ2v) is 8.66. The van der Waals surface area contributed by atoms with Crippen LogP contribution in [0.25, 0.3) is 22.6 Å². The number of amides is 2. The van der Waals surface area contributed by atoms with Crippen molar-refractivity contribution in [3.63, 3.8) is 0 Å². The van der Waals surface area contributed by atoms with Gasteiger partial charge in [0, 0.05) is 24.8 Å². The smallest absolute Gasteiger partial charge is 0.275 e. The summed E-state index contributed by atoms with van der Waals surface area (Å²) in [6.07, 6.45) is 8.08. The molecule has 2 amide bonds. The second-order valence-electron chi connectivity index (χ2n) is 8.26. The lowest BCUT2D eigenvalue weighted by Gasteiger charge is -2.31. The maximum absolute atomic E-state index is 12.7. The van der Waals surface area contributed by atoms with Crippen molar-refractivity contribution in [2.24, 2.45) is 0 Å². The van der Waals surface area contributed by atoms with Crippen LogP contribution in [0.3, 0.4) is 0 Å². The van der Waals surface area contributed by atoms with Crippen LogP contribution >= 0.6 is 11.6 Å². The molecule has 1 aliphatic rings. The largest absolute Gasteiger partial charge is 0.337 e. The fourth-order valence-corrected chi connectivity index (χ4v) is 4.23. The second kappa shape index (κ2) is 10.1. The number of carbonyl (C=O) groups excluding carboxylic acids is 2. The summed E-state index contributed by atoms with van der Waals surface area (Å²) in [6, 6.07) is 8.60. The third-order valence-corrected chi connectivity index (χ3v) is 6.19. The average molecular weight is 504 g/mol. The Morgan fingerprint density at radius 1 is 1.19 bits per heavy atom. The topological polar surface area (TPSA) is 135 Å². The lowest BCUT2D eigenvalue weighted by Crippen LogP contribution is -2.40. The summed E-state index contributed by atoms with van der Waals surface area (Å²) in [5.74, 6) is -0.114. The Kier molecular flexibility index (Phi) is 6.54. The molecule has 0 radical (unpaired) electrons. The molecule has 36 heavy (non-hydrogen) atoms. The number of likely N-dealkylation sites (tertiary alicyclic amines) is 1. The zero-order chi connectivity index (χ0) is 25.1. The Labute approximate surface area is 211 Å². The van der Waals surface area contributed by atoms with Crippen LogP contribution in [0.2, 0.25) is 5.02 Å². The predicted molar refractivity (Wildman–Crippen MR) is 133 cm³/mol. The highest BCUT2D eigenvalue weighted by Crippen LogP contribution is 2.25. The number of rotatable bonds is 6. The first-order valence-corrected chi connectivity index (χ1v) is 11.7. The quantitative estimate of drug-likeness (QED) is 0.385. The predicted octanol–water partition coefficient (Wildman–Crippen LogP) is 3.38. The van der Waals surface area contributed by atoms with Crippen molar-refractivity contribution in [1.29, 1.82) is 0 Å². The van der Waals surface area contributed by atoms with Gasteiger partial charge >= 0.3 is 0 Å². The van der Waals surface area contributed by atoms with Gasteiger partial charge in [0.15, 0.2) is 0 Å². The normalized spacial score (nSPS) is 15.5. The van der Waals surface area contributed by atoms with Crippen molar-refractivity contribution in [3.8, 4) is 22.6 Å². The lowest BCUT2D eigenvalue weighted by atomic mass is 10.1. The molecule has 1 atom stereocenters. The molecule has 4 aromatic heterocycles. The van der Waals surface area contributed by atoms with Crippen LogP contribution in [0.1, 0.15) is 29.4 Å². The van der Waals surface area contributed by atoms with Gasteiger partial charge in [0.25, 0.3) is 5.91 Å². The van der Waals surface area contributed by atoms with E-state index < -0.39 is 5.91 Å². The Morgan fingerprint density at radius 2 is 2.08 bits per heavy atom. The zero-order valence-corrected chi connectivity index (χ0v) is 19.9. The van der Waals surface area contributed by atoms with Gasteiger partial charge in [0.2, 0.25) is 5.91 Å². The van der Waals surface area contributed by atoms with Crippen LogP contribution in [0.4, 0.5) is 5.82 Å². The summed E-state index contributed by atoms with van der Waals surface area (Å²) in [5, 5.41) is 18.3. The van der Waals surface area contributed by atoms with Gasteiger partial charge in [-0.05, 0) is 43.2 Å². The minimum atomic E-state index is -0.408. The van der Waals surface area contributed by atoms with E-state index in [0.717, 1.165) is 24.9 Å². The number of anilines is 1. The molecule has 5 heterocycles. The Balaban J connectivity index is 1.25. The number of carbonyl (C=O) groups is 2. The van der Waals surface area contributed by atoms with Gasteiger partial charge in [-0.15, -0.1) is 5.10 Å². The number of pyridine rings is 2. The standard InChI is InChI=1S/C24H22ClN9O2/c1-2-22(35)33-10-4-5-16(13-33)34-14-20(30-32-34)15-8-9-21(26-11-15)29-24(36)19-7-3-6-18(28-19)23-17(25)12-27-31-23/h2-3,6-9,11-12,14,16H,1,4-5,10,13H2,(H,27,31)(H,26,29,36)/t16-/m1/s1. The van der Waals surface area contributed by atoms with E-state index in [1.165, 1.54) is 12.3 Å². The monoisotopic (exact) mass is 503 g/mol. The van der Waals surface area contributed by atoms with Crippen LogP contribution in [-0.2, 0) is 4.79 Å². The maximum Gasteiger partial charge on any atom is 0.275 e. The van der Waals surface area contributed by atoms with Gasteiger partial charge in [-0.1, -0.05) is 29.5 Å². The molecule has 0 aliphatic carbocycles. The molecule has 1 saturated heterocycles. The summed E-state index contributed by atoms with van der Waals surface area (Å²) < 4.78 is 1.79. The van der Waals surface area contributed by atoms with Crippen molar-refractivity contribution in [1.82, 2.24) is 40.1 Å². The van der Waals surface area contributed by atoms with Crippen molar-refractivity contribution < 1.29 is 9.59 Å². The fourth-order valence-electron chi connectivity index (χ4n) is 4.04. The summed E-state index contributed by atoms with van der Waals surface area (Å²) >= 11 is 6.10. The van der Waals surface area contributed by atoms with E-state index >= 15 is 0 Å². The summed E-state index contributed by atoms with van der Waals surface area (Å²) in [4.78, 5) is 35.2. The van der Waals surface area contributed by atoms with Gasteiger partial charge < -0.3 is 10.2 Å². The molecule has 0 saturated carbocycles. The number of nitrogens with zero attached hydrogens (tertiary/aromatic N) is 7. The van der Waals surface area contributed by atoms with Gasteiger partial charge in [-0.25, -0.2) is 14.6 Å². The molecule has 12 heteroatoms. The molecule has 11 nitrogen and oxygen atoms in total. The third kappa shape index (κ3) is 4.86. The molecule has 0 unspecified atom stereocenters. The van der Waals surface area contributed by atoms with Crippen LogP contribution in [-0.4, -0.2) is 65.0 Å². The molecule has 0 bridgehead atoms. The SMILES string of the molecule is C=CC(=O)N1CCC[C@@H](n2cc(-c3ccc(NC(=O)c4cccc(-c5[nH]ncc5Cl)n4)nc3)nn2)C1. The molecule has 4 aromatic rings. The molecular weight excluding hydrogens is 482 g/mol. The van der Waals surface area contributed by atoms with Gasteiger partial charge in [-0.2, -0.15) is 5.10 Å². The highest BCUT2D eigenvalue weighted by molar-refractivity contribution is 6.32. The number of hydrogen-bond donors (Lipinski definition) is 2. The number of aromatic amines is 1. The van der Waals surface area contributed by atoms with Gasteiger partial charge in [-0.3, -0.25) is 14.7 Å². The van der Waals surface area contributed by atoms with Crippen molar-refractivity contribution in [3.05, 3.63) is 72.3 Å². The highest BCUT2D eigenvalue weighted by atomic mass is 35.5. The van der Waals surface area contributed by atoms with Crippen LogP contribution in [0.5, 0.6) is 0 Å². The van der Waals surface area contributed by atoms with Crippen molar-refractivity contribution >= 4 is 29.2 Å². The van der Waals surface area contributed by atoms with E-state index in [0.29, 0.717) is 34.5 Å². The molecule has 182 valence electrons. The van der Waals surface area contributed by atoms with Crippen molar-refractivity contribution in [2.45, 2.75) is 18.9 Å². The molecule has 2 N–H and O–H groups in total. The minimum absolute atomic E-state index is 0.0512. The Morgan fingerprint density at radius 3 is 2.83 bits per heavy atom. The Hall–Kier alpha value is -4.38. The number of halogens is 1. The first kappa shape index (κ1) is 23.4. The lowest BCUT2D eigenvalue weighted by molar-refractivity contribution is -0.127. The summed E-state index contributed by atoms with van der Waals surface area (Å²) in [7, 11) is 0. The third-order valence-electron chi connectivity index (χ3n) is 5.90. The van der Waals surface area contributed by atoms with E-state index in [1.807, 2.05) is 6.20 Å². The van der Waals surface area contributed by atoms with E-state index in [4.69, 9.17) is 11.6 Å². The van der Waals surface area contributed by atoms with Crippen LogP contribution < -0.4 is 5.32 Å². The Bertz CT molecular complexity index is 1410.